The van der Waals surface area contributed by atoms with Gasteiger partial charge in [0.1, 0.15) is 12.0 Å². The van der Waals surface area contributed by atoms with Gasteiger partial charge in [0, 0.05) is 26.2 Å². The van der Waals surface area contributed by atoms with Crippen LogP contribution in [0.5, 0.6) is 0 Å². The maximum Gasteiger partial charge on any atom is 0.288 e. The molecule has 2 heterocycles. The van der Waals surface area contributed by atoms with Crippen molar-refractivity contribution >= 4 is 17.4 Å². The highest BCUT2D eigenvalue weighted by atomic mass is 16.6. The molecule has 20 heavy (non-hydrogen) atoms. The Morgan fingerprint density at radius 2 is 2.00 bits per heavy atom. The lowest BCUT2D eigenvalue weighted by Crippen LogP contribution is -2.32. The van der Waals surface area contributed by atoms with Crippen LogP contribution in [0, 0.1) is 10.1 Å². The maximum atomic E-state index is 12.5. The molecule has 0 radical (unpaired) electrons. The topological polar surface area (TPSA) is 88.4 Å². The standard InChI is InChI=1S/C13H18N4O3/c1-14-12-11(8-10(9-15-12)17(19)20)13(18)16-6-4-2-3-5-7-16/h8-9H,2-7H2,1H3,(H,14,15). The maximum absolute atomic E-state index is 12.5. The van der Waals surface area contributed by atoms with Crippen LogP contribution in [0.25, 0.3) is 0 Å². The molecule has 1 aromatic rings. The van der Waals surface area contributed by atoms with Crippen LogP contribution in [-0.2, 0) is 0 Å². The molecule has 1 aromatic heterocycles. The zero-order valence-electron chi connectivity index (χ0n) is 11.5. The van der Waals surface area contributed by atoms with Crippen molar-refractivity contribution in [1.29, 1.82) is 0 Å². The van der Waals surface area contributed by atoms with E-state index in [-0.39, 0.29) is 17.2 Å². The zero-order chi connectivity index (χ0) is 14.5. The van der Waals surface area contributed by atoms with E-state index in [2.05, 4.69) is 10.3 Å². The Morgan fingerprint density at radius 3 is 2.55 bits per heavy atom. The highest BCUT2D eigenvalue weighted by molar-refractivity contribution is 5.99. The molecule has 108 valence electrons. The molecular weight excluding hydrogens is 260 g/mol. The third kappa shape index (κ3) is 3.04. The molecule has 0 unspecified atom stereocenters. The van der Waals surface area contributed by atoms with Crippen LogP contribution < -0.4 is 5.32 Å². The molecule has 7 nitrogen and oxygen atoms in total. The van der Waals surface area contributed by atoms with Crippen LogP contribution in [0.1, 0.15) is 36.0 Å². The fraction of sp³-hybridized carbons (Fsp3) is 0.538. The van der Waals surface area contributed by atoms with E-state index in [0.717, 1.165) is 31.9 Å². The molecule has 1 saturated heterocycles. The minimum Gasteiger partial charge on any atom is -0.372 e. The monoisotopic (exact) mass is 278 g/mol. The number of carbonyl (C=O) groups excluding carboxylic acids is 1. The second-order valence-electron chi connectivity index (χ2n) is 4.80. The minimum atomic E-state index is -0.536. The lowest BCUT2D eigenvalue weighted by Gasteiger charge is -2.21. The molecule has 0 spiro atoms. The van der Waals surface area contributed by atoms with Gasteiger partial charge in [0.2, 0.25) is 0 Å². The summed E-state index contributed by atoms with van der Waals surface area (Å²) in [4.78, 5) is 28.5. The first kappa shape index (κ1) is 14.2. The largest absolute Gasteiger partial charge is 0.372 e. The summed E-state index contributed by atoms with van der Waals surface area (Å²) in [6.07, 6.45) is 5.35. The summed E-state index contributed by atoms with van der Waals surface area (Å²) in [6.45, 7) is 1.40. The van der Waals surface area contributed by atoms with Crippen molar-refractivity contribution in [2.24, 2.45) is 0 Å². The first-order valence-corrected chi connectivity index (χ1v) is 6.75. The van der Waals surface area contributed by atoms with Crippen molar-refractivity contribution in [1.82, 2.24) is 9.88 Å². The second kappa shape index (κ2) is 6.31. The number of hydrogen-bond acceptors (Lipinski definition) is 5. The van der Waals surface area contributed by atoms with E-state index in [1.165, 1.54) is 6.07 Å². The molecule has 1 aliphatic heterocycles. The number of nitro groups is 1. The summed E-state index contributed by atoms with van der Waals surface area (Å²) in [5, 5.41) is 13.6. The summed E-state index contributed by atoms with van der Waals surface area (Å²) >= 11 is 0. The normalized spacial score (nSPS) is 15.6. The molecule has 0 saturated carbocycles. The van der Waals surface area contributed by atoms with Gasteiger partial charge in [0.05, 0.1) is 10.5 Å². The lowest BCUT2D eigenvalue weighted by atomic mass is 10.2. The van der Waals surface area contributed by atoms with Crippen molar-refractivity contribution in [3.8, 4) is 0 Å². The van der Waals surface area contributed by atoms with Gasteiger partial charge in [-0.3, -0.25) is 14.9 Å². The summed E-state index contributed by atoms with van der Waals surface area (Å²) in [5.74, 6) is 0.192. The number of carbonyl (C=O) groups is 1. The fourth-order valence-electron chi connectivity index (χ4n) is 2.36. The highest BCUT2D eigenvalue weighted by Crippen LogP contribution is 2.22. The number of hydrogen-bond donors (Lipinski definition) is 1. The summed E-state index contributed by atoms with van der Waals surface area (Å²) in [6, 6.07) is 1.30. The molecule has 0 aromatic carbocycles. The van der Waals surface area contributed by atoms with Crippen LogP contribution >= 0.6 is 0 Å². The van der Waals surface area contributed by atoms with E-state index in [9.17, 15) is 14.9 Å². The van der Waals surface area contributed by atoms with E-state index in [1.54, 1.807) is 11.9 Å². The molecule has 1 amide bonds. The quantitative estimate of drug-likeness (QED) is 0.675. The molecule has 2 rings (SSSR count). The Kier molecular flexibility index (Phi) is 4.49. The Morgan fingerprint density at radius 1 is 1.35 bits per heavy atom. The number of aromatic nitrogens is 1. The van der Waals surface area contributed by atoms with Gasteiger partial charge in [0.25, 0.3) is 11.6 Å². The predicted octanol–water partition coefficient (Wildman–Crippen LogP) is 2.05. The smallest absolute Gasteiger partial charge is 0.288 e. The Labute approximate surface area is 117 Å². The van der Waals surface area contributed by atoms with E-state index in [4.69, 9.17) is 0 Å². The average molecular weight is 278 g/mol. The SMILES string of the molecule is CNc1ncc([N+](=O)[O-])cc1C(=O)N1CCCCCC1. The van der Waals surface area contributed by atoms with Crippen molar-refractivity contribution in [2.75, 3.05) is 25.5 Å². The van der Waals surface area contributed by atoms with Crippen molar-refractivity contribution in [2.45, 2.75) is 25.7 Å². The van der Waals surface area contributed by atoms with E-state index >= 15 is 0 Å². The summed E-state index contributed by atoms with van der Waals surface area (Å²) in [7, 11) is 1.65. The number of nitrogens with zero attached hydrogens (tertiary/aromatic N) is 3. The van der Waals surface area contributed by atoms with Gasteiger partial charge < -0.3 is 10.2 Å². The molecular formula is C13H18N4O3. The molecule has 0 aliphatic carbocycles. The molecule has 1 aliphatic rings. The third-order valence-corrected chi connectivity index (χ3v) is 3.44. The fourth-order valence-corrected chi connectivity index (χ4v) is 2.36. The Hall–Kier alpha value is -2.18. The van der Waals surface area contributed by atoms with Gasteiger partial charge in [-0.1, -0.05) is 12.8 Å². The summed E-state index contributed by atoms with van der Waals surface area (Å²) in [5.41, 5.74) is 0.103. The van der Waals surface area contributed by atoms with Gasteiger partial charge in [-0.25, -0.2) is 4.98 Å². The highest BCUT2D eigenvalue weighted by Gasteiger charge is 2.23. The first-order chi connectivity index (χ1) is 9.63. The number of likely N-dealkylation sites (tertiary alicyclic amines) is 1. The molecule has 7 heteroatoms. The van der Waals surface area contributed by atoms with Crippen LogP contribution in [0.4, 0.5) is 11.5 Å². The molecule has 1 fully saturated rings. The minimum absolute atomic E-state index is 0.165. The van der Waals surface area contributed by atoms with Gasteiger partial charge >= 0.3 is 0 Å². The van der Waals surface area contributed by atoms with Crippen molar-refractivity contribution < 1.29 is 9.72 Å². The summed E-state index contributed by atoms with van der Waals surface area (Å²) < 4.78 is 0. The van der Waals surface area contributed by atoms with Crippen LogP contribution in [0.3, 0.4) is 0 Å². The van der Waals surface area contributed by atoms with Gasteiger partial charge in [0.15, 0.2) is 0 Å². The van der Waals surface area contributed by atoms with Crippen LogP contribution in [-0.4, -0.2) is 40.9 Å². The van der Waals surface area contributed by atoms with Gasteiger partial charge in [-0.05, 0) is 12.8 Å². The second-order valence-corrected chi connectivity index (χ2v) is 4.80. The van der Waals surface area contributed by atoms with Gasteiger partial charge in [-0.2, -0.15) is 0 Å². The third-order valence-electron chi connectivity index (χ3n) is 3.44. The van der Waals surface area contributed by atoms with Crippen molar-refractivity contribution in [3.05, 3.63) is 27.9 Å². The van der Waals surface area contributed by atoms with Crippen molar-refractivity contribution in [3.63, 3.8) is 0 Å². The first-order valence-electron chi connectivity index (χ1n) is 6.75. The van der Waals surface area contributed by atoms with Crippen LogP contribution in [0.2, 0.25) is 0 Å². The number of anilines is 1. The van der Waals surface area contributed by atoms with E-state index in [0.29, 0.717) is 18.9 Å². The van der Waals surface area contributed by atoms with Crippen LogP contribution in [0.15, 0.2) is 12.3 Å². The number of rotatable bonds is 3. The number of pyridine rings is 1. The predicted molar refractivity (Wildman–Crippen MR) is 74.8 cm³/mol. The van der Waals surface area contributed by atoms with Gasteiger partial charge in [-0.15, -0.1) is 0 Å². The Balaban J connectivity index is 2.31. The molecule has 0 bridgehead atoms. The lowest BCUT2D eigenvalue weighted by molar-refractivity contribution is -0.385. The number of nitrogens with one attached hydrogen (secondary N) is 1. The zero-order valence-corrected chi connectivity index (χ0v) is 11.5. The van der Waals surface area contributed by atoms with E-state index < -0.39 is 4.92 Å². The Bertz CT molecular complexity index is 510. The molecule has 0 atom stereocenters. The van der Waals surface area contributed by atoms with E-state index in [1.807, 2.05) is 0 Å². The molecule has 1 N–H and O–H groups in total. The number of amides is 1. The average Bonchev–Trinajstić information content (AvgIpc) is 2.74.